The van der Waals surface area contributed by atoms with Crippen LogP contribution in [-0.2, 0) is 13.1 Å². The smallest absolute Gasteiger partial charge is 0.194 e. The fourth-order valence-corrected chi connectivity index (χ4v) is 2.76. The minimum absolute atomic E-state index is 0.813. The summed E-state index contributed by atoms with van der Waals surface area (Å²) in [6.07, 6.45) is 14.2. The third-order valence-electron chi connectivity index (χ3n) is 3.89. The number of aryl methyl sites for hydroxylation is 2. The van der Waals surface area contributed by atoms with E-state index in [1.54, 1.807) is 11.9 Å². The molecular weight excluding hydrogens is 250 g/mol. The van der Waals surface area contributed by atoms with E-state index in [4.69, 9.17) is 0 Å². The highest BCUT2D eigenvalue weighted by molar-refractivity contribution is 5.43. The van der Waals surface area contributed by atoms with Crippen molar-refractivity contribution in [3.63, 3.8) is 0 Å². The van der Waals surface area contributed by atoms with Gasteiger partial charge in [-0.15, -0.1) is 0 Å². The Bertz CT molecular complexity index is 593. The summed E-state index contributed by atoms with van der Waals surface area (Å²) in [5, 5.41) is 4.22. The molecule has 0 unspecified atom stereocenters. The van der Waals surface area contributed by atoms with Crippen LogP contribution in [0.4, 0.5) is 0 Å². The molecule has 2 heterocycles. The first-order valence-corrected chi connectivity index (χ1v) is 7.45. The van der Waals surface area contributed by atoms with Crippen molar-refractivity contribution >= 4 is 0 Å². The predicted molar refractivity (Wildman–Crippen MR) is 78.1 cm³/mol. The van der Waals surface area contributed by atoms with Gasteiger partial charge >= 0.3 is 0 Å². The monoisotopic (exact) mass is 271 g/mol. The van der Waals surface area contributed by atoms with Crippen molar-refractivity contribution in [2.24, 2.45) is 0 Å². The lowest BCUT2D eigenvalue weighted by Crippen LogP contribution is -2.07. The van der Waals surface area contributed by atoms with Gasteiger partial charge in [-0.3, -0.25) is 0 Å². The SMILES string of the molecule is CCn1ncnc1-c1nccn1CCC1=CCCCC1. The summed E-state index contributed by atoms with van der Waals surface area (Å²) >= 11 is 0. The zero-order valence-electron chi connectivity index (χ0n) is 12.0. The molecule has 1 aliphatic rings. The van der Waals surface area contributed by atoms with Gasteiger partial charge in [0.1, 0.15) is 6.33 Å². The lowest BCUT2D eigenvalue weighted by atomic mass is 9.97. The van der Waals surface area contributed by atoms with Crippen molar-refractivity contribution in [2.75, 3.05) is 0 Å². The number of hydrogen-bond acceptors (Lipinski definition) is 3. The molecule has 20 heavy (non-hydrogen) atoms. The number of hydrogen-bond donors (Lipinski definition) is 0. The molecule has 2 aromatic rings. The molecule has 0 saturated heterocycles. The maximum atomic E-state index is 4.45. The maximum Gasteiger partial charge on any atom is 0.194 e. The maximum absolute atomic E-state index is 4.45. The van der Waals surface area contributed by atoms with Crippen LogP contribution >= 0.6 is 0 Å². The Morgan fingerprint density at radius 3 is 2.95 bits per heavy atom. The van der Waals surface area contributed by atoms with Gasteiger partial charge in [-0.25, -0.2) is 14.6 Å². The van der Waals surface area contributed by atoms with Gasteiger partial charge in [0.05, 0.1) is 0 Å². The van der Waals surface area contributed by atoms with Crippen molar-refractivity contribution in [3.8, 4) is 11.6 Å². The van der Waals surface area contributed by atoms with Crippen molar-refractivity contribution < 1.29 is 0 Å². The van der Waals surface area contributed by atoms with Crippen LogP contribution in [0.1, 0.15) is 39.0 Å². The second-order valence-corrected chi connectivity index (χ2v) is 5.20. The largest absolute Gasteiger partial charge is 0.328 e. The van der Waals surface area contributed by atoms with E-state index >= 15 is 0 Å². The lowest BCUT2D eigenvalue weighted by molar-refractivity contribution is 0.618. The number of nitrogens with zero attached hydrogens (tertiary/aromatic N) is 5. The fraction of sp³-hybridized carbons (Fsp3) is 0.533. The summed E-state index contributed by atoms with van der Waals surface area (Å²) in [6, 6.07) is 0. The third kappa shape index (κ3) is 2.66. The quantitative estimate of drug-likeness (QED) is 0.785. The molecule has 106 valence electrons. The van der Waals surface area contributed by atoms with E-state index in [1.807, 2.05) is 17.1 Å². The summed E-state index contributed by atoms with van der Waals surface area (Å²) in [4.78, 5) is 8.79. The summed E-state index contributed by atoms with van der Waals surface area (Å²) in [6.45, 7) is 3.85. The van der Waals surface area contributed by atoms with Gasteiger partial charge in [-0.1, -0.05) is 11.6 Å². The summed E-state index contributed by atoms with van der Waals surface area (Å²) < 4.78 is 4.07. The van der Waals surface area contributed by atoms with Gasteiger partial charge in [0.2, 0.25) is 0 Å². The Hall–Kier alpha value is -1.91. The van der Waals surface area contributed by atoms with Crippen LogP contribution in [0, 0.1) is 0 Å². The summed E-state index contributed by atoms with van der Waals surface area (Å²) in [7, 11) is 0. The molecular formula is C15H21N5. The lowest BCUT2D eigenvalue weighted by Gasteiger charge is -2.14. The van der Waals surface area contributed by atoms with Crippen LogP contribution in [0.3, 0.4) is 0 Å². The molecule has 0 spiro atoms. The van der Waals surface area contributed by atoms with Crippen LogP contribution in [0.15, 0.2) is 30.4 Å². The molecule has 2 aromatic heterocycles. The standard InChI is InChI=1S/C15H21N5/c1-2-20-15(17-12-18-20)14-16-9-11-19(14)10-8-13-6-4-3-5-7-13/h6,9,11-12H,2-5,7-8,10H2,1H3. The predicted octanol–water partition coefficient (Wildman–Crippen LogP) is 3.05. The Balaban J connectivity index is 1.75. The van der Waals surface area contributed by atoms with Gasteiger partial charge in [0, 0.05) is 25.5 Å². The summed E-state index contributed by atoms with van der Waals surface area (Å²) in [5.74, 6) is 1.77. The minimum atomic E-state index is 0.813. The molecule has 0 aromatic carbocycles. The molecule has 0 saturated carbocycles. The van der Waals surface area contributed by atoms with Gasteiger partial charge in [0.15, 0.2) is 11.6 Å². The van der Waals surface area contributed by atoms with Gasteiger partial charge in [0.25, 0.3) is 0 Å². The number of allylic oxidation sites excluding steroid dienone is 2. The van der Waals surface area contributed by atoms with E-state index in [0.29, 0.717) is 0 Å². The van der Waals surface area contributed by atoms with Crippen LogP contribution < -0.4 is 0 Å². The van der Waals surface area contributed by atoms with Crippen LogP contribution in [0.5, 0.6) is 0 Å². The highest BCUT2D eigenvalue weighted by Crippen LogP contribution is 2.22. The second-order valence-electron chi connectivity index (χ2n) is 5.20. The first-order chi connectivity index (χ1) is 9.88. The topological polar surface area (TPSA) is 48.5 Å². The van der Waals surface area contributed by atoms with E-state index in [-0.39, 0.29) is 0 Å². The molecule has 0 amide bonds. The van der Waals surface area contributed by atoms with Crippen molar-refractivity contribution in [1.29, 1.82) is 0 Å². The third-order valence-corrected chi connectivity index (χ3v) is 3.89. The Morgan fingerprint density at radius 2 is 2.15 bits per heavy atom. The van der Waals surface area contributed by atoms with E-state index in [0.717, 1.165) is 31.2 Å². The highest BCUT2D eigenvalue weighted by atomic mass is 15.3. The van der Waals surface area contributed by atoms with E-state index in [9.17, 15) is 0 Å². The van der Waals surface area contributed by atoms with Crippen molar-refractivity contribution in [2.45, 2.75) is 52.1 Å². The normalized spacial score (nSPS) is 15.3. The van der Waals surface area contributed by atoms with Crippen molar-refractivity contribution in [1.82, 2.24) is 24.3 Å². The zero-order chi connectivity index (χ0) is 13.8. The number of rotatable bonds is 5. The molecule has 0 N–H and O–H groups in total. The highest BCUT2D eigenvalue weighted by Gasteiger charge is 2.13. The molecule has 1 aliphatic carbocycles. The zero-order valence-corrected chi connectivity index (χ0v) is 12.0. The van der Waals surface area contributed by atoms with E-state index in [1.165, 1.54) is 25.7 Å². The molecule has 0 bridgehead atoms. The summed E-state index contributed by atoms with van der Waals surface area (Å²) in [5.41, 5.74) is 1.59. The Kier molecular flexibility index (Phi) is 3.95. The first kappa shape index (κ1) is 13.1. The molecule has 0 fully saturated rings. The fourth-order valence-electron chi connectivity index (χ4n) is 2.76. The van der Waals surface area contributed by atoms with E-state index in [2.05, 4.69) is 32.6 Å². The molecule has 0 radical (unpaired) electrons. The Labute approximate surface area is 119 Å². The molecule has 3 rings (SSSR count). The Morgan fingerprint density at radius 1 is 1.20 bits per heavy atom. The van der Waals surface area contributed by atoms with Crippen LogP contribution in [0.2, 0.25) is 0 Å². The second kappa shape index (κ2) is 6.03. The molecule has 0 atom stereocenters. The van der Waals surface area contributed by atoms with Crippen LogP contribution in [0.25, 0.3) is 11.6 Å². The van der Waals surface area contributed by atoms with E-state index < -0.39 is 0 Å². The number of aromatic nitrogens is 5. The van der Waals surface area contributed by atoms with Crippen LogP contribution in [-0.4, -0.2) is 24.3 Å². The molecule has 5 heteroatoms. The van der Waals surface area contributed by atoms with Gasteiger partial charge in [-0.2, -0.15) is 5.10 Å². The number of imidazole rings is 1. The molecule has 5 nitrogen and oxygen atoms in total. The van der Waals surface area contributed by atoms with Crippen molar-refractivity contribution in [3.05, 3.63) is 30.4 Å². The average molecular weight is 271 g/mol. The van der Waals surface area contributed by atoms with Gasteiger partial charge < -0.3 is 4.57 Å². The first-order valence-electron chi connectivity index (χ1n) is 7.45. The van der Waals surface area contributed by atoms with Gasteiger partial charge in [-0.05, 0) is 39.0 Å². The minimum Gasteiger partial charge on any atom is -0.328 e. The molecule has 0 aliphatic heterocycles. The average Bonchev–Trinajstić information content (AvgIpc) is 3.14.